The van der Waals surface area contributed by atoms with Crippen molar-refractivity contribution in [3.8, 4) is 0 Å². The maximum absolute atomic E-state index is 13.0. The second-order valence-electron chi connectivity index (χ2n) is 8.66. The molecule has 1 aliphatic heterocycles. The van der Waals surface area contributed by atoms with Gasteiger partial charge in [-0.25, -0.2) is 8.42 Å². The first-order chi connectivity index (χ1) is 15.2. The summed E-state index contributed by atoms with van der Waals surface area (Å²) in [6.45, 7) is 4.62. The molecule has 4 rings (SSSR count). The minimum atomic E-state index is -3.84. The number of benzene rings is 2. The number of aliphatic hydroxyl groups is 1. The lowest BCUT2D eigenvalue weighted by molar-refractivity contribution is -0.0339. The van der Waals surface area contributed by atoms with Gasteiger partial charge in [0.25, 0.3) is 15.9 Å². The number of nitrogens with zero attached hydrogens (tertiary/aromatic N) is 2. The molecule has 2 N–H and O–H groups in total. The largest absolute Gasteiger partial charge is 0.389 e. The Morgan fingerprint density at radius 3 is 2.41 bits per heavy atom. The number of anilines is 1. The van der Waals surface area contributed by atoms with Crippen LogP contribution in [0.5, 0.6) is 0 Å². The zero-order chi connectivity index (χ0) is 22.9. The summed E-state index contributed by atoms with van der Waals surface area (Å²) in [6.07, 6.45) is 4.95. The van der Waals surface area contributed by atoms with Crippen molar-refractivity contribution in [2.45, 2.75) is 50.0 Å². The Bertz CT molecular complexity index is 1130. The topological polar surface area (TPSA) is 99.1 Å². The van der Waals surface area contributed by atoms with Gasteiger partial charge in [-0.15, -0.1) is 0 Å². The zero-order valence-corrected chi connectivity index (χ0v) is 19.2. The van der Waals surface area contributed by atoms with Crippen molar-refractivity contribution >= 4 is 33.5 Å². The second kappa shape index (κ2) is 8.67. The number of aryl methyl sites for hydroxylation is 1. The van der Waals surface area contributed by atoms with Crippen LogP contribution in [-0.2, 0) is 10.0 Å². The Labute approximate surface area is 189 Å². The van der Waals surface area contributed by atoms with Gasteiger partial charge in [0.2, 0.25) is 0 Å². The Morgan fingerprint density at radius 1 is 1.16 bits per heavy atom. The number of sulfonamides is 1. The van der Waals surface area contributed by atoms with Gasteiger partial charge in [-0.3, -0.25) is 14.5 Å². The Balaban J connectivity index is 1.45. The fourth-order valence-corrected chi connectivity index (χ4v) is 5.63. The lowest BCUT2D eigenvalue weighted by atomic mass is 9.86. The number of hydrogen-bond donors (Lipinski definition) is 2. The molecule has 0 spiro atoms. The van der Waals surface area contributed by atoms with E-state index in [9.17, 15) is 18.3 Å². The standard InChI is InChI=1S/C24H29N3O4S/c1-3-25-22-17(2)5-4-6-21(22)32(30,31)26-20-11-7-18(8-12-20)23(28)27-15-13-24(29,14-16-27)19-9-10-19/h3-8,11-12,19,26,29H,9-10,13-16H2,1-2H3. The van der Waals surface area contributed by atoms with Crippen molar-refractivity contribution in [3.05, 3.63) is 53.6 Å². The molecule has 0 unspecified atom stereocenters. The predicted octanol–water partition coefficient (Wildman–Crippen LogP) is 3.90. The van der Waals surface area contributed by atoms with Gasteiger partial charge in [-0.2, -0.15) is 0 Å². The summed E-state index contributed by atoms with van der Waals surface area (Å²) in [4.78, 5) is 18.9. The first-order valence-electron chi connectivity index (χ1n) is 11.0. The summed E-state index contributed by atoms with van der Waals surface area (Å²) in [6, 6.07) is 11.5. The highest BCUT2D eigenvalue weighted by molar-refractivity contribution is 7.92. The Morgan fingerprint density at radius 2 is 1.81 bits per heavy atom. The average Bonchev–Trinajstić information content (AvgIpc) is 3.62. The third kappa shape index (κ3) is 4.56. The van der Waals surface area contributed by atoms with Crippen LogP contribution in [0.25, 0.3) is 0 Å². The molecule has 0 bridgehead atoms. The second-order valence-corrected chi connectivity index (χ2v) is 10.3. The van der Waals surface area contributed by atoms with E-state index < -0.39 is 15.6 Å². The molecular weight excluding hydrogens is 426 g/mol. The summed E-state index contributed by atoms with van der Waals surface area (Å²) in [5, 5.41) is 10.7. The van der Waals surface area contributed by atoms with Crippen molar-refractivity contribution in [2.24, 2.45) is 10.9 Å². The lowest BCUT2D eigenvalue weighted by Crippen LogP contribution is -2.47. The average molecular weight is 456 g/mol. The van der Waals surface area contributed by atoms with Crippen LogP contribution in [0, 0.1) is 12.8 Å². The quantitative estimate of drug-likeness (QED) is 0.646. The molecule has 0 radical (unpaired) electrons. The number of amides is 1. The molecule has 1 aliphatic carbocycles. The van der Waals surface area contributed by atoms with Crippen LogP contribution in [0.1, 0.15) is 48.5 Å². The monoisotopic (exact) mass is 455 g/mol. The lowest BCUT2D eigenvalue weighted by Gasteiger charge is -2.38. The van der Waals surface area contributed by atoms with Gasteiger partial charge in [0.15, 0.2) is 0 Å². The van der Waals surface area contributed by atoms with Gasteiger partial charge in [0.05, 0.1) is 11.3 Å². The smallest absolute Gasteiger partial charge is 0.264 e. The van der Waals surface area contributed by atoms with Crippen LogP contribution in [0.2, 0.25) is 0 Å². The number of aliphatic imine (C=N–C) groups is 1. The van der Waals surface area contributed by atoms with Crippen molar-refractivity contribution < 1.29 is 18.3 Å². The van der Waals surface area contributed by atoms with E-state index in [1.807, 2.05) is 13.0 Å². The van der Waals surface area contributed by atoms with Crippen LogP contribution in [-0.4, -0.2) is 49.2 Å². The molecule has 8 heteroatoms. The molecule has 1 amide bonds. The molecule has 2 fully saturated rings. The first kappa shape index (κ1) is 22.5. The number of rotatable bonds is 6. The molecule has 7 nitrogen and oxygen atoms in total. The molecule has 0 atom stereocenters. The van der Waals surface area contributed by atoms with E-state index in [2.05, 4.69) is 9.71 Å². The normalized spacial score (nSPS) is 18.7. The number of hydrogen-bond acceptors (Lipinski definition) is 5. The maximum Gasteiger partial charge on any atom is 0.264 e. The van der Waals surface area contributed by atoms with Crippen molar-refractivity contribution in [3.63, 3.8) is 0 Å². The van der Waals surface area contributed by atoms with E-state index in [1.54, 1.807) is 48.4 Å². The van der Waals surface area contributed by atoms with Gasteiger partial charge in [-0.05, 0) is 81.3 Å². The van der Waals surface area contributed by atoms with Crippen LogP contribution in [0.4, 0.5) is 11.4 Å². The van der Waals surface area contributed by atoms with Crippen LogP contribution < -0.4 is 4.72 Å². The van der Waals surface area contributed by atoms with Crippen LogP contribution in [0.15, 0.2) is 52.4 Å². The molecule has 0 aromatic heterocycles. The molecule has 32 heavy (non-hydrogen) atoms. The summed E-state index contributed by atoms with van der Waals surface area (Å²) in [5.74, 6) is 0.291. The van der Waals surface area contributed by atoms with Gasteiger partial charge < -0.3 is 10.0 Å². The highest BCUT2D eigenvalue weighted by Gasteiger charge is 2.45. The summed E-state index contributed by atoms with van der Waals surface area (Å²) in [5.41, 5.74) is 1.43. The predicted molar refractivity (Wildman–Crippen MR) is 125 cm³/mol. The highest BCUT2D eigenvalue weighted by Crippen LogP contribution is 2.45. The summed E-state index contributed by atoms with van der Waals surface area (Å²) < 4.78 is 28.5. The SMILES string of the molecule is CC=Nc1c(C)cccc1S(=O)(=O)Nc1ccc(C(=O)N2CCC(O)(C3CC3)CC2)cc1. The summed E-state index contributed by atoms with van der Waals surface area (Å²) >= 11 is 0. The Hall–Kier alpha value is -2.71. The summed E-state index contributed by atoms with van der Waals surface area (Å²) in [7, 11) is -3.84. The van der Waals surface area contributed by atoms with Crippen molar-refractivity contribution in [1.82, 2.24) is 4.90 Å². The van der Waals surface area contributed by atoms with Gasteiger partial charge >= 0.3 is 0 Å². The number of likely N-dealkylation sites (tertiary alicyclic amines) is 1. The fourth-order valence-electron chi connectivity index (χ4n) is 4.34. The maximum atomic E-state index is 13.0. The third-order valence-electron chi connectivity index (χ3n) is 6.39. The van der Waals surface area contributed by atoms with E-state index in [1.165, 1.54) is 6.07 Å². The highest BCUT2D eigenvalue weighted by atomic mass is 32.2. The zero-order valence-electron chi connectivity index (χ0n) is 18.4. The number of piperidine rings is 1. The minimum Gasteiger partial charge on any atom is -0.389 e. The number of para-hydroxylation sites is 1. The van der Waals surface area contributed by atoms with Crippen molar-refractivity contribution in [2.75, 3.05) is 17.8 Å². The van der Waals surface area contributed by atoms with E-state index in [-0.39, 0.29) is 10.8 Å². The fraction of sp³-hybridized carbons (Fsp3) is 0.417. The molecule has 2 aromatic rings. The first-order valence-corrected chi connectivity index (χ1v) is 12.4. The molecule has 1 saturated heterocycles. The molecule has 170 valence electrons. The number of nitrogens with one attached hydrogen (secondary N) is 1. The van der Waals surface area contributed by atoms with E-state index in [4.69, 9.17) is 0 Å². The number of carbonyl (C=O) groups excluding carboxylic acids is 1. The molecule has 2 aromatic carbocycles. The van der Waals surface area contributed by atoms with Gasteiger partial charge in [-0.1, -0.05) is 12.1 Å². The number of carbonyl (C=O) groups is 1. The van der Waals surface area contributed by atoms with Crippen LogP contribution in [0.3, 0.4) is 0 Å². The molecule has 1 saturated carbocycles. The van der Waals surface area contributed by atoms with E-state index in [0.717, 1.165) is 18.4 Å². The molecular formula is C24H29N3O4S. The molecule has 1 heterocycles. The Kier molecular flexibility index (Phi) is 6.09. The molecule has 2 aliphatic rings. The van der Waals surface area contributed by atoms with Crippen LogP contribution >= 0.6 is 0 Å². The minimum absolute atomic E-state index is 0.101. The van der Waals surface area contributed by atoms with Gasteiger partial charge in [0.1, 0.15) is 4.90 Å². The third-order valence-corrected chi connectivity index (χ3v) is 7.80. The van der Waals surface area contributed by atoms with E-state index >= 15 is 0 Å². The van der Waals surface area contributed by atoms with Crippen molar-refractivity contribution in [1.29, 1.82) is 0 Å². The van der Waals surface area contributed by atoms with Gasteiger partial charge in [0, 0.05) is 30.6 Å². The van der Waals surface area contributed by atoms with E-state index in [0.29, 0.717) is 48.8 Å².